The van der Waals surface area contributed by atoms with Crippen molar-refractivity contribution in [2.24, 2.45) is 11.5 Å². The Kier molecular flexibility index (Phi) is 5.47. The number of carbonyl (C=O) groups is 2. The number of aliphatic carboxylic acids is 2. The number of hydrogen-bond acceptors (Lipinski definition) is 4. The maximum Gasteiger partial charge on any atom is 0.321 e. The van der Waals surface area contributed by atoms with Crippen molar-refractivity contribution in [1.29, 1.82) is 0 Å². The van der Waals surface area contributed by atoms with Gasteiger partial charge in [0.1, 0.15) is 6.04 Å². The Morgan fingerprint density at radius 1 is 1.32 bits per heavy atom. The molecule has 104 valence electrons. The first-order valence-corrected chi connectivity index (χ1v) is 5.95. The molecule has 0 spiro atoms. The molecule has 2 atom stereocenters. The average Bonchev–Trinajstić information content (AvgIpc) is 2.72. The molecule has 1 aliphatic carbocycles. The van der Waals surface area contributed by atoms with Crippen molar-refractivity contribution in [2.75, 3.05) is 0 Å². The van der Waals surface area contributed by atoms with E-state index in [-0.39, 0.29) is 0 Å². The number of nitrogens with two attached hydrogens (primary N) is 2. The minimum Gasteiger partial charge on any atom is -0.481 e. The summed E-state index contributed by atoms with van der Waals surface area (Å²) in [6.07, 6.45) is 1.76. The van der Waals surface area contributed by atoms with Crippen molar-refractivity contribution >= 4 is 11.9 Å². The first kappa shape index (κ1) is 15.1. The number of carboxylic acid groups (broad SMARTS) is 2. The van der Waals surface area contributed by atoms with Gasteiger partial charge in [-0.05, 0) is 24.0 Å². The lowest BCUT2D eigenvalue weighted by molar-refractivity contribution is -0.144. The molecule has 0 radical (unpaired) electrons. The number of rotatable bonds is 3. The van der Waals surface area contributed by atoms with Gasteiger partial charge in [-0.1, -0.05) is 24.3 Å². The molecule has 0 aromatic heterocycles. The zero-order chi connectivity index (χ0) is 14.4. The first-order chi connectivity index (χ1) is 8.91. The molecule has 1 aromatic carbocycles. The van der Waals surface area contributed by atoms with Crippen LogP contribution in [0.4, 0.5) is 0 Å². The first-order valence-electron chi connectivity index (χ1n) is 5.95. The molecule has 0 heterocycles. The van der Waals surface area contributed by atoms with E-state index in [2.05, 4.69) is 24.3 Å². The molecule has 6 N–H and O–H groups in total. The van der Waals surface area contributed by atoms with Crippen LogP contribution in [-0.4, -0.2) is 28.2 Å². The quantitative estimate of drug-likeness (QED) is 0.631. The van der Waals surface area contributed by atoms with E-state index in [1.54, 1.807) is 0 Å². The molecule has 2 unspecified atom stereocenters. The van der Waals surface area contributed by atoms with Gasteiger partial charge < -0.3 is 21.7 Å². The molecule has 19 heavy (non-hydrogen) atoms. The van der Waals surface area contributed by atoms with Crippen molar-refractivity contribution in [3.8, 4) is 0 Å². The standard InChI is InChI=1S/C9H11N.C4H7NO4/c10-9-6-5-7-3-1-2-4-8(7)9;5-2(4(8)9)1-3(6)7/h1-4,9H,5-6,10H2;2H,1,5H2,(H,6,7)(H,8,9). The van der Waals surface area contributed by atoms with Crippen LogP contribution in [0, 0.1) is 0 Å². The molecule has 1 aliphatic rings. The second kappa shape index (κ2) is 6.86. The van der Waals surface area contributed by atoms with Gasteiger partial charge in [0, 0.05) is 6.04 Å². The van der Waals surface area contributed by atoms with E-state index >= 15 is 0 Å². The maximum atomic E-state index is 9.85. The Labute approximate surface area is 111 Å². The monoisotopic (exact) mass is 266 g/mol. The predicted octanol–water partition coefficient (Wildman–Crippen LogP) is 0.506. The van der Waals surface area contributed by atoms with Crippen molar-refractivity contribution in [3.05, 3.63) is 35.4 Å². The number of benzene rings is 1. The minimum absolute atomic E-state index is 0.302. The maximum absolute atomic E-state index is 9.85. The normalized spacial score (nSPS) is 17.9. The molecular weight excluding hydrogens is 248 g/mol. The van der Waals surface area contributed by atoms with Gasteiger partial charge in [-0.3, -0.25) is 9.59 Å². The average molecular weight is 266 g/mol. The molecule has 6 nitrogen and oxygen atoms in total. The fourth-order valence-corrected chi connectivity index (χ4v) is 1.87. The van der Waals surface area contributed by atoms with Crippen LogP contribution in [0.5, 0.6) is 0 Å². The molecule has 0 amide bonds. The molecule has 0 aliphatic heterocycles. The highest BCUT2D eigenvalue weighted by Gasteiger charge is 2.17. The second-order valence-electron chi connectivity index (χ2n) is 4.39. The zero-order valence-electron chi connectivity index (χ0n) is 10.5. The lowest BCUT2D eigenvalue weighted by atomic mass is 10.1. The van der Waals surface area contributed by atoms with E-state index in [1.807, 2.05) is 0 Å². The fraction of sp³-hybridized carbons (Fsp3) is 0.385. The fourth-order valence-electron chi connectivity index (χ4n) is 1.87. The van der Waals surface area contributed by atoms with Gasteiger partial charge in [0.15, 0.2) is 0 Å². The number of carboxylic acids is 2. The Bertz CT molecular complexity index is 462. The Hall–Kier alpha value is -1.92. The number of aryl methyl sites for hydroxylation is 1. The van der Waals surface area contributed by atoms with Gasteiger partial charge in [0.2, 0.25) is 0 Å². The van der Waals surface area contributed by atoms with E-state index in [0.29, 0.717) is 6.04 Å². The zero-order valence-corrected chi connectivity index (χ0v) is 10.5. The third kappa shape index (κ3) is 4.69. The SMILES string of the molecule is NC(CC(=O)O)C(=O)O.NC1CCc2ccccc21. The molecule has 6 heteroatoms. The van der Waals surface area contributed by atoms with E-state index in [1.165, 1.54) is 11.1 Å². The summed E-state index contributed by atoms with van der Waals surface area (Å²) in [6.45, 7) is 0. The lowest BCUT2D eigenvalue weighted by Crippen LogP contribution is -2.32. The highest BCUT2D eigenvalue weighted by Crippen LogP contribution is 2.28. The van der Waals surface area contributed by atoms with E-state index in [4.69, 9.17) is 21.7 Å². The summed E-state index contributed by atoms with van der Waals surface area (Å²) in [7, 11) is 0. The van der Waals surface area contributed by atoms with Crippen LogP contribution in [0.1, 0.15) is 30.0 Å². The van der Waals surface area contributed by atoms with Crippen LogP contribution in [0.2, 0.25) is 0 Å². The topological polar surface area (TPSA) is 127 Å². The summed E-state index contributed by atoms with van der Waals surface area (Å²) in [5.74, 6) is -2.50. The summed E-state index contributed by atoms with van der Waals surface area (Å²) in [5, 5.41) is 16.0. The van der Waals surface area contributed by atoms with E-state index in [9.17, 15) is 9.59 Å². The molecule has 2 rings (SSSR count). The van der Waals surface area contributed by atoms with Crippen molar-refractivity contribution < 1.29 is 19.8 Å². The molecule has 0 saturated carbocycles. The summed E-state index contributed by atoms with van der Waals surface area (Å²) in [5.41, 5.74) is 13.5. The van der Waals surface area contributed by atoms with Crippen LogP contribution >= 0.6 is 0 Å². The summed E-state index contributed by atoms with van der Waals surface area (Å²) >= 11 is 0. The Balaban J connectivity index is 0.000000192. The molecule has 0 fully saturated rings. The minimum atomic E-state index is -1.29. The Morgan fingerprint density at radius 3 is 2.42 bits per heavy atom. The Morgan fingerprint density at radius 2 is 1.95 bits per heavy atom. The lowest BCUT2D eigenvalue weighted by Gasteiger charge is -2.01. The molecular formula is C13H18N2O4. The smallest absolute Gasteiger partial charge is 0.321 e. The number of hydrogen-bond donors (Lipinski definition) is 4. The largest absolute Gasteiger partial charge is 0.481 e. The van der Waals surface area contributed by atoms with E-state index < -0.39 is 24.4 Å². The van der Waals surface area contributed by atoms with Gasteiger partial charge in [0.25, 0.3) is 0 Å². The summed E-state index contributed by atoms with van der Waals surface area (Å²) in [4.78, 5) is 19.6. The van der Waals surface area contributed by atoms with Crippen LogP contribution in [0.15, 0.2) is 24.3 Å². The van der Waals surface area contributed by atoms with Crippen LogP contribution in [-0.2, 0) is 16.0 Å². The van der Waals surface area contributed by atoms with Gasteiger partial charge in [-0.25, -0.2) is 0 Å². The van der Waals surface area contributed by atoms with Gasteiger partial charge in [-0.2, -0.15) is 0 Å². The third-order valence-corrected chi connectivity index (χ3v) is 2.89. The van der Waals surface area contributed by atoms with E-state index in [0.717, 1.165) is 12.8 Å². The molecule has 0 bridgehead atoms. The predicted molar refractivity (Wildman–Crippen MR) is 69.6 cm³/mol. The van der Waals surface area contributed by atoms with Crippen molar-refractivity contribution in [3.63, 3.8) is 0 Å². The second-order valence-corrected chi connectivity index (χ2v) is 4.39. The summed E-state index contributed by atoms with van der Waals surface area (Å²) in [6, 6.07) is 7.45. The highest BCUT2D eigenvalue weighted by molar-refractivity contribution is 5.80. The van der Waals surface area contributed by atoms with Gasteiger partial charge in [-0.15, -0.1) is 0 Å². The summed E-state index contributed by atoms with van der Waals surface area (Å²) < 4.78 is 0. The highest BCUT2D eigenvalue weighted by atomic mass is 16.4. The van der Waals surface area contributed by atoms with Gasteiger partial charge >= 0.3 is 11.9 Å². The van der Waals surface area contributed by atoms with Crippen LogP contribution in [0.25, 0.3) is 0 Å². The van der Waals surface area contributed by atoms with Gasteiger partial charge in [0.05, 0.1) is 6.42 Å². The van der Waals surface area contributed by atoms with Crippen molar-refractivity contribution in [2.45, 2.75) is 31.3 Å². The molecule has 0 saturated heterocycles. The van der Waals surface area contributed by atoms with Crippen molar-refractivity contribution in [1.82, 2.24) is 0 Å². The van der Waals surface area contributed by atoms with Crippen LogP contribution < -0.4 is 11.5 Å². The third-order valence-electron chi connectivity index (χ3n) is 2.89. The number of fused-ring (bicyclic) bond motifs is 1. The van der Waals surface area contributed by atoms with Crippen LogP contribution in [0.3, 0.4) is 0 Å². The molecule has 1 aromatic rings.